The van der Waals surface area contributed by atoms with E-state index in [1.807, 2.05) is 38.1 Å². The molecule has 0 aliphatic heterocycles. The van der Waals surface area contributed by atoms with E-state index in [-0.39, 0.29) is 17.6 Å². The molecule has 20 heavy (non-hydrogen) atoms. The largest absolute Gasteiger partial charge is 0.346 e. The molecule has 5 nitrogen and oxygen atoms in total. The number of amides is 1. The number of rotatable bonds is 4. The van der Waals surface area contributed by atoms with Gasteiger partial charge in [0.15, 0.2) is 0 Å². The number of allylic oxidation sites excluding steroid dienone is 3. The molecule has 0 bridgehead atoms. The number of imidazole rings is 1. The summed E-state index contributed by atoms with van der Waals surface area (Å²) in [5.41, 5.74) is 2.19. The average Bonchev–Trinajstić information content (AvgIpc) is 2.77. The van der Waals surface area contributed by atoms with E-state index in [9.17, 15) is 9.59 Å². The minimum Gasteiger partial charge on any atom is -0.346 e. The van der Waals surface area contributed by atoms with Gasteiger partial charge in [-0.2, -0.15) is 0 Å². The predicted octanol–water partition coefficient (Wildman–Crippen LogP) is 2.17. The molecule has 3 N–H and O–H groups in total. The molecule has 1 aromatic heterocycles. The Morgan fingerprint density at radius 1 is 1.25 bits per heavy atom. The minimum atomic E-state index is -0.233. The SMILES string of the molecule is C/C=C/C=C/C(=O)N[C@@H](C)c1ccc2[nH]c(=O)[nH]c2c1. The molecule has 0 saturated heterocycles. The van der Waals surface area contributed by atoms with E-state index in [1.54, 1.807) is 12.2 Å². The van der Waals surface area contributed by atoms with Crippen molar-refractivity contribution >= 4 is 16.9 Å². The monoisotopic (exact) mass is 271 g/mol. The number of hydrogen-bond acceptors (Lipinski definition) is 2. The Kier molecular flexibility index (Phi) is 4.20. The second kappa shape index (κ2) is 6.06. The molecular weight excluding hydrogens is 254 g/mol. The smallest absolute Gasteiger partial charge is 0.323 e. The van der Waals surface area contributed by atoms with Crippen molar-refractivity contribution < 1.29 is 4.79 Å². The molecule has 0 spiro atoms. The molecular formula is C15H17N3O2. The van der Waals surface area contributed by atoms with Crippen molar-refractivity contribution in [1.29, 1.82) is 0 Å². The van der Waals surface area contributed by atoms with Crippen LogP contribution in [-0.4, -0.2) is 15.9 Å². The molecule has 2 rings (SSSR count). The first kappa shape index (κ1) is 13.9. The topological polar surface area (TPSA) is 77.8 Å². The summed E-state index contributed by atoms with van der Waals surface area (Å²) in [7, 11) is 0. The van der Waals surface area contributed by atoms with Gasteiger partial charge in [-0.05, 0) is 31.5 Å². The van der Waals surface area contributed by atoms with Crippen LogP contribution in [0.5, 0.6) is 0 Å². The lowest BCUT2D eigenvalue weighted by Crippen LogP contribution is -2.24. The number of fused-ring (bicyclic) bond motifs is 1. The van der Waals surface area contributed by atoms with Crippen LogP contribution in [0.25, 0.3) is 11.0 Å². The molecule has 5 heteroatoms. The van der Waals surface area contributed by atoms with E-state index in [2.05, 4.69) is 15.3 Å². The second-order valence-corrected chi connectivity index (χ2v) is 4.50. The number of hydrogen-bond donors (Lipinski definition) is 3. The highest BCUT2D eigenvalue weighted by Gasteiger charge is 2.09. The van der Waals surface area contributed by atoms with E-state index >= 15 is 0 Å². The van der Waals surface area contributed by atoms with Crippen molar-refractivity contribution in [3.05, 3.63) is 58.6 Å². The van der Waals surface area contributed by atoms with E-state index < -0.39 is 0 Å². The third-order valence-corrected chi connectivity index (χ3v) is 2.95. The Balaban J connectivity index is 2.12. The van der Waals surface area contributed by atoms with Crippen LogP contribution in [0, 0.1) is 0 Å². The lowest BCUT2D eigenvalue weighted by atomic mass is 10.1. The van der Waals surface area contributed by atoms with Gasteiger partial charge in [0.25, 0.3) is 0 Å². The molecule has 1 atom stereocenters. The molecule has 0 aliphatic carbocycles. The lowest BCUT2D eigenvalue weighted by molar-refractivity contribution is -0.117. The number of nitrogens with one attached hydrogen (secondary N) is 3. The molecule has 2 aromatic rings. The van der Waals surface area contributed by atoms with Crippen molar-refractivity contribution in [1.82, 2.24) is 15.3 Å². The third kappa shape index (κ3) is 3.26. The van der Waals surface area contributed by atoms with Crippen LogP contribution < -0.4 is 11.0 Å². The number of aromatic nitrogens is 2. The van der Waals surface area contributed by atoms with E-state index in [0.717, 1.165) is 16.6 Å². The molecule has 0 fully saturated rings. The Labute approximate surface area is 116 Å². The number of carbonyl (C=O) groups excluding carboxylic acids is 1. The van der Waals surface area contributed by atoms with Crippen LogP contribution in [0.2, 0.25) is 0 Å². The predicted molar refractivity (Wildman–Crippen MR) is 79.4 cm³/mol. The summed E-state index contributed by atoms with van der Waals surface area (Å²) in [6.07, 6.45) is 6.81. The van der Waals surface area contributed by atoms with Crippen LogP contribution in [-0.2, 0) is 4.79 Å². The maximum atomic E-state index is 11.7. The molecule has 0 saturated carbocycles. The summed E-state index contributed by atoms with van der Waals surface area (Å²) in [6, 6.07) is 5.42. The highest BCUT2D eigenvalue weighted by molar-refractivity contribution is 5.88. The van der Waals surface area contributed by atoms with E-state index in [4.69, 9.17) is 0 Å². The Hall–Kier alpha value is -2.56. The van der Waals surface area contributed by atoms with E-state index in [0.29, 0.717) is 0 Å². The molecule has 1 aromatic carbocycles. The minimum absolute atomic E-state index is 0.138. The average molecular weight is 271 g/mol. The first-order valence-electron chi connectivity index (χ1n) is 6.42. The van der Waals surface area contributed by atoms with Crippen molar-refractivity contribution in [2.75, 3.05) is 0 Å². The van der Waals surface area contributed by atoms with Crippen LogP contribution in [0.15, 0.2) is 47.3 Å². The second-order valence-electron chi connectivity index (χ2n) is 4.50. The molecule has 0 unspecified atom stereocenters. The fourth-order valence-corrected chi connectivity index (χ4v) is 1.92. The van der Waals surface area contributed by atoms with Gasteiger partial charge in [-0.15, -0.1) is 0 Å². The van der Waals surface area contributed by atoms with Gasteiger partial charge in [0.1, 0.15) is 0 Å². The van der Waals surface area contributed by atoms with Crippen LogP contribution >= 0.6 is 0 Å². The summed E-state index contributed by atoms with van der Waals surface area (Å²) in [5, 5.41) is 2.86. The maximum absolute atomic E-state index is 11.7. The highest BCUT2D eigenvalue weighted by Crippen LogP contribution is 2.16. The zero-order valence-corrected chi connectivity index (χ0v) is 11.4. The van der Waals surface area contributed by atoms with Crippen molar-refractivity contribution in [3.63, 3.8) is 0 Å². The number of benzene rings is 1. The van der Waals surface area contributed by atoms with Gasteiger partial charge in [-0.25, -0.2) is 4.79 Å². The molecule has 1 amide bonds. The summed E-state index contributed by atoms with van der Waals surface area (Å²) in [5.74, 6) is -0.154. The summed E-state index contributed by atoms with van der Waals surface area (Å²) in [6.45, 7) is 3.78. The molecule has 0 aliphatic rings. The van der Waals surface area contributed by atoms with Crippen molar-refractivity contribution in [3.8, 4) is 0 Å². The van der Waals surface area contributed by atoms with Gasteiger partial charge in [0.05, 0.1) is 17.1 Å². The van der Waals surface area contributed by atoms with Gasteiger partial charge in [0, 0.05) is 6.08 Å². The summed E-state index contributed by atoms with van der Waals surface area (Å²) >= 11 is 0. The lowest BCUT2D eigenvalue weighted by Gasteiger charge is -2.12. The fourth-order valence-electron chi connectivity index (χ4n) is 1.92. The number of carbonyl (C=O) groups is 1. The normalized spacial score (nSPS) is 13.3. The van der Waals surface area contributed by atoms with Crippen molar-refractivity contribution in [2.45, 2.75) is 19.9 Å². The first-order valence-corrected chi connectivity index (χ1v) is 6.42. The van der Waals surface area contributed by atoms with Gasteiger partial charge in [-0.1, -0.05) is 24.3 Å². The van der Waals surface area contributed by atoms with Gasteiger partial charge >= 0.3 is 5.69 Å². The molecule has 0 radical (unpaired) electrons. The first-order chi connectivity index (χ1) is 9.60. The zero-order valence-electron chi connectivity index (χ0n) is 11.4. The van der Waals surface area contributed by atoms with Gasteiger partial charge < -0.3 is 15.3 Å². The van der Waals surface area contributed by atoms with Crippen LogP contribution in [0.1, 0.15) is 25.5 Å². The zero-order chi connectivity index (χ0) is 14.5. The molecule has 104 valence electrons. The Morgan fingerprint density at radius 3 is 2.75 bits per heavy atom. The Morgan fingerprint density at radius 2 is 2.00 bits per heavy atom. The molecule has 1 heterocycles. The van der Waals surface area contributed by atoms with Gasteiger partial charge in [0.2, 0.25) is 5.91 Å². The number of aromatic amines is 2. The van der Waals surface area contributed by atoms with Crippen molar-refractivity contribution in [2.24, 2.45) is 0 Å². The van der Waals surface area contributed by atoms with Crippen LogP contribution in [0.4, 0.5) is 0 Å². The highest BCUT2D eigenvalue weighted by atomic mass is 16.1. The quantitative estimate of drug-likeness (QED) is 0.588. The van der Waals surface area contributed by atoms with Crippen LogP contribution in [0.3, 0.4) is 0 Å². The van der Waals surface area contributed by atoms with Gasteiger partial charge in [-0.3, -0.25) is 4.79 Å². The number of H-pyrrole nitrogens is 2. The third-order valence-electron chi connectivity index (χ3n) is 2.95. The standard InChI is InChI=1S/C15H17N3O2/c1-3-4-5-6-14(19)16-10(2)11-7-8-12-13(9-11)18-15(20)17-12/h3-10H,1-2H3,(H,16,19)(H2,17,18,20)/b4-3+,6-5+/t10-/m0/s1. The summed E-state index contributed by atoms with van der Waals surface area (Å²) in [4.78, 5) is 28.3. The fraction of sp³-hybridized carbons (Fsp3) is 0.200. The summed E-state index contributed by atoms with van der Waals surface area (Å²) < 4.78 is 0. The maximum Gasteiger partial charge on any atom is 0.323 e. The van der Waals surface area contributed by atoms with E-state index in [1.165, 1.54) is 6.08 Å². The Bertz CT molecular complexity index is 722.